The van der Waals surface area contributed by atoms with Gasteiger partial charge in [-0.3, -0.25) is 14.4 Å². The normalized spacial score (nSPS) is 15.0. The fourth-order valence-electron chi connectivity index (χ4n) is 5.25. The van der Waals surface area contributed by atoms with Gasteiger partial charge in [0.15, 0.2) is 5.82 Å². The Hall–Kier alpha value is -1.92. The summed E-state index contributed by atoms with van der Waals surface area (Å²) in [6.45, 7) is 9.26. The number of rotatable bonds is 19. The zero-order chi connectivity index (χ0) is 25.3. The van der Waals surface area contributed by atoms with Crippen LogP contribution in [0, 0.1) is 0 Å². The van der Waals surface area contributed by atoms with Crippen molar-refractivity contribution in [2.45, 2.75) is 110 Å². The standard InChI is InChI=1S/C30H50N4O2/c1-2-3-4-5-6-7-8-9-10-11-12-13-14-15-20-33-21-23-34(24-22-33)26-28-18-16-27(17-19-28)25-29-31-30(35)36-32-29/h16-19H,2-15,20-26H2,1H3,(H,31,32,35). The number of aromatic amines is 1. The van der Waals surface area contributed by atoms with Gasteiger partial charge in [-0.05, 0) is 24.1 Å². The van der Waals surface area contributed by atoms with Gasteiger partial charge in [-0.2, -0.15) is 0 Å². The topological polar surface area (TPSA) is 65.4 Å². The van der Waals surface area contributed by atoms with E-state index in [1.54, 1.807) is 0 Å². The lowest BCUT2D eigenvalue weighted by atomic mass is 10.0. The highest BCUT2D eigenvalue weighted by atomic mass is 16.5. The molecule has 0 spiro atoms. The number of unbranched alkanes of at least 4 members (excludes halogenated alkanes) is 13. The third-order valence-electron chi connectivity index (χ3n) is 7.58. The molecule has 1 saturated heterocycles. The van der Waals surface area contributed by atoms with Gasteiger partial charge in [-0.25, -0.2) is 4.79 Å². The van der Waals surface area contributed by atoms with E-state index in [0.717, 1.165) is 25.2 Å². The van der Waals surface area contributed by atoms with Crippen molar-refractivity contribution in [2.24, 2.45) is 0 Å². The molecular formula is C30H50N4O2. The predicted molar refractivity (Wildman–Crippen MR) is 148 cm³/mol. The predicted octanol–water partition coefficient (Wildman–Crippen LogP) is 6.55. The maximum Gasteiger partial charge on any atom is 0.438 e. The van der Waals surface area contributed by atoms with Crippen LogP contribution in [0.5, 0.6) is 0 Å². The van der Waals surface area contributed by atoms with Crippen molar-refractivity contribution in [1.82, 2.24) is 19.9 Å². The molecule has 36 heavy (non-hydrogen) atoms. The summed E-state index contributed by atoms with van der Waals surface area (Å²) in [7, 11) is 0. The molecule has 1 aromatic heterocycles. The van der Waals surface area contributed by atoms with Crippen molar-refractivity contribution >= 4 is 0 Å². The van der Waals surface area contributed by atoms with Crippen LogP contribution in [0.25, 0.3) is 0 Å². The highest BCUT2D eigenvalue weighted by Crippen LogP contribution is 2.15. The number of hydrogen-bond donors (Lipinski definition) is 1. The first-order chi connectivity index (χ1) is 17.7. The van der Waals surface area contributed by atoms with Crippen LogP contribution in [0.1, 0.15) is 114 Å². The Balaban J connectivity index is 1.14. The molecule has 6 nitrogen and oxygen atoms in total. The summed E-state index contributed by atoms with van der Waals surface area (Å²) < 4.78 is 4.57. The van der Waals surface area contributed by atoms with Gasteiger partial charge < -0.3 is 4.90 Å². The molecule has 2 aromatic rings. The summed E-state index contributed by atoms with van der Waals surface area (Å²) in [5.41, 5.74) is 2.47. The minimum atomic E-state index is -0.495. The number of piperazine rings is 1. The van der Waals surface area contributed by atoms with E-state index < -0.39 is 5.76 Å². The molecule has 0 radical (unpaired) electrons. The average molecular weight is 499 g/mol. The minimum Gasteiger partial charge on any atom is -0.301 e. The van der Waals surface area contributed by atoms with Crippen molar-refractivity contribution in [3.05, 3.63) is 51.8 Å². The maximum absolute atomic E-state index is 11.1. The third kappa shape index (κ3) is 11.9. The Morgan fingerprint density at radius 1 is 0.722 bits per heavy atom. The van der Waals surface area contributed by atoms with Crippen molar-refractivity contribution in [3.8, 4) is 0 Å². The van der Waals surface area contributed by atoms with Crippen LogP contribution >= 0.6 is 0 Å². The van der Waals surface area contributed by atoms with Crippen LogP contribution in [0.3, 0.4) is 0 Å². The van der Waals surface area contributed by atoms with E-state index in [2.05, 4.69) is 55.7 Å². The molecule has 0 atom stereocenters. The lowest BCUT2D eigenvalue weighted by Gasteiger charge is -2.34. The van der Waals surface area contributed by atoms with Crippen LogP contribution in [-0.4, -0.2) is 52.7 Å². The Morgan fingerprint density at radius 2 is 1.22 bits per heavy atom. The van der Waals surface area contributed by atoms with Crippen molar-refractivity contribution in [2.75, 3.05) is 32.7 Å². The molecule has 0 bridgehead atoms. The molecule has 0 unspecified atom stereocenters. The second kappa shape index (κ2) is 17.5. The Bertz CT molecular complexity index is 852. The second-order valence-electron chi connectivity index (χ2n) is 10.7. The van der Waals surface area contributed by atoms with E-state index in [1.165, 1.54) is 115 Å². The quantitative estimate of drug-likeness (QED) is 0.222. The molecule has 3 rings (SSSR count). The molecule has 2 heterocycles. The second-order valence-corrected chi connectivity index (χ2v) is 10.7. The summed E-state index contributed by atoms with van der Waals surface area (Å²) in [5, 5.41) is 3.74. The number of hydrogen-bond acceptors (Lipinski definition) is 5. The highest BCUT2D eigenvalue weighted by Gasteiger charge is 2.16. The maximum atomic E-state index is 11.1. The lowest BCUT2D eigenvalue weighted by Crippen LogP contribution is -2.46. The molecular weight excluding hydrogens is 448 g/mol. The Labute approximate surface area is 218 Å². The zero-order valence-corrected chi connectivity index (χ0v) is 22.8. The molecule has 1 aliphatic rings. The number of nitrogens with one attached hydrogen (secondary N) is 1. The molecule has 1 fully saturated rings. The molecule has 0 saturated carbocycles. The Morgan fingerprint density at radius 3 is 1.75 bits per heavy atom. The molecule has 0 amide bonds. The van der Waals surface area contributed by atoms with Gasteiger partial charge in [-0.1, -0.05) is 120 Å². The van der Waals surface area contributed by atoms with Crippen LogP contribution in [0.4, 0.5) is 0 Å². The smallest absolute Gasteiger partial charge is 0.301 e. The molecule has 1 N–H and O–H groups in total. The summed E-state index contributed by atoms with van der Waals surface area (Å²) in [6, 6.07) is 8.62. The van der Waals surface area contributed by atoms with E-state index in [1.807, 2.05) is 0 Å². The van der Waals surface area contributed by atoms with Gasteiger partial charge in [0.25, 0.3) is 0 Å². The van der Waals surface area contributed by atoms with E-state index in [0.29, 0.717) is 12.2 Å². The van der Waals surface area contributed by atoms with Gasteiger partial charge in [0, 0.05) is 39.1 Å². The molecule has 0 aliphatic carbocycles. The first-order valence-corrected chi connectivity index (χ1v) is 14.8. The number of nitrogens with zero attached hydrogens (tertiary/aromatic N) is 3. The average Bonchev–Trinajstić information content (AvgIpc) is 3.30. The van der Waals surface area contributed by atoms with Gasteiger partial charge in [-0.15, -0.1) is 0 Å². The van der Waals surface area contributed by atoms with Crippen LogP contribution < -0.4 is 5.76 Å². The summed E-state index contributed by atoms with van der Waals surface area (Å²) in [6.07, 6.45) is 20.6. The first kappa shape index (κ1) is 28.6. The minimum absolute atomic E-state index is 0.495. The molecule has 6 heteroatoms. The zero-order valence-electron chi connectivity index (χ0n) is 22.8. The van der Waals surface area contributed by atoms with E-state index in [-0.39, 0.29) is 0 Å². The van der Waals surface area contributed by atoms with Crippen LogP contribution in [0.2, 0.25) is 0 Å². The van der Waals surface area contributed by atoms with Crippen molar-refractivity contribution in [3.63, 3.8) is 0 Å². The largest absolute Gasteiger partial charge is 0.438 e. The van der Waals surface area contributed by atoms with E-state index >= 15 is 0 Å². The van der Waals surface area contributed by atoms with E-state index in [9.17, 15) is 4.79 Å². The summed E-state index contributed by atoms with van der Waals surface area (Å²) >= 11 is 0. The molecule has 1 aromatic carbocycles. The number of benzene rings is 1. The van der Waals surface area contributed by atoms with Crippen molar-refractivity contribution < 1.29 is 4.52 Å². The van der Waals surface area contributed by atoms with Gasteiger partial charge in [0.05, 0.1) is 0 Å². The summed E-state index contributed by atoms with van der Waals surface area (Å²) in [4.78, 5) is 18.9. The monoisotopic (exact) mass is 498 g/mol. The van der Waals surface area contributed by atoms with Crippen LogP contribution in [-0.2, 0) is 13.0 Å². The molecule has 202 valence electrons. The summed E-state index contributed by atoms with van der Waals surface area (Å²) in [5.74, 6) is 0.0766. The third-order valence-corrected chi connectivity index (χ3v) is 7.58. The fourth-order valence-corrected chi connectivity index (χ4v) is 5.25. The Kier molecular flexibility index (Phi) is 13.9. The highest BCUT2D eigenvalue weighted by molar-refractivity contribution is 5.24. The SMILES string of the molecule is CCCCCCCCCCCCCCCCN1CCN(Cc2ccc(Cc3noc(=O)[nH]3)cc2)CC1. The van der Waals surface area contributed by atoms with Crippen molar-refractivity contribution in [1.29, 1.82) is 0 Å². The van der Waals surface area contributed by atoms with E-state index in [4.69, 9.17) is 0 Å². The molecule has 1 aliphatic heterocycles. The van der Waals surface area contributed by atoms with Gasteiger partial charge in [0.1, 0.15) is 0 Å². The number of H-pyrrole nitrogens is 1. The number of aromatic nitrogens is 2. The fraction of sp³-hybridized carbons (Fsp3) is 0.733. The van der Waals surface area contributed by atoms with Gasteiger partial charge in [0.2, 0.25) is 0 Å². The van der Waals surface area contributed by atoms with Crippen LogP contribution in [0.15, 0.2) is 33.6 Å². The first-order valence-electron chi connectivity index (χ1n) is 14.8. The lowest BCUT2D eigenvalue weighted by molar-refractivity contribution is 0.125. The van der Waals surface area contributed by atoms with Gasteiger partial charge >= 0.3 is 5.76 Å².